The normalized spacial score (nSPS) is 11.9. The first-order valence-electron chi connectivity index (χ1n) is 7.23. The summed E-state index contributed by atoms with van der Waals surface area (Å²) in [5.41, 5.74) is 1.86. The lowest BCUT2D eigenvalue weighted by molar-refractivity contribution is 0.669. The zero-order valence-corrected chi connectivity index (χ0v) is 12.4. The number of benzene rings is 4. The summed E-state index contributed by atoms with van der Waals surface area (Å²) in [7, 11) is 0. The lowest BCUT2D eigenvalue weighted by Crippen LogP contribution is -1.79. The second kappa shape index (κ2) is 4.25. The summed E-state index contributed by atoms with van der Waals surface area (Å²) in [6.45, 7) is 0. The molecule has 0 amide bonds. The highest BCUT2D eigenvalue weighted by molar-refractivity contribution is 6.32. The van der Waals surface area contributed by atoms with Crippen LogP contribution in [0.3, 0.4) is 0 Å². The Morgan fingerprint density at radius 2 is 1.45 bits per heavy atom. The summed E-state index contributed by atoms with van der Waals surface area (Å²) < 4.78 is 5.97. The van der Waals surface area contributed by atoms with Gasteiger partial charge >= 0.3 is 0 Å². The van der Waals surface area contributed by atoms with Crippen molar-refractivity contribution in [1.82, 2.24) is 0 Å². The molecular weight excluding hydrogens is 292 g/mol. The van der Waals surface area contributed by atoms with Gasteiger partial charge in [0.2, 0.25) is 0 Å². The fourth-order valence-electron chi connectivity index (χ4n) is 3.34. The minimum Gasteiger partial charge on any atom is -0.456 e. The SMILES string of the molecule is Clc1ccc2c(ccc3c2ccc2oc4ccccc4c23)c1. The second-order valence-corrected chi connectivity index (χ2v) is 6.00. The number of rotatable bonds is 0. The summed E-state index contributed by atoms with van der Waals surface area (Å²) in [4.78, 5) is 0. The Balaban J connectivity index is 2.06. The van der Waals surface area contributed by atoms with E-state index in [2.05, 4.69) is 42.5 Å². The van der Waals surface area contributed by atoms with Gasteiger partial charge in [-0.3, -0.25) is 0 Å². The lowest BCUT2D eigenvalue weighted by atomic mass is 9.98. The van der Waals surface area contributed by atoms with Crippen molar-refractivity contribution in [3.8, 4) is 0 Å². The molecule has 1 aromatic heterocycles. The van der Waals surface area contributed by atoms with E-state index in [9.17, 15) is 0 Å². The molecule has 0 saturated heterocycles. The van der Waals surface area contributed by atoms with Crippen molar-refractivity contribution in [2.24, 2.45) is 0 Å². The smallest absolute Gasteiger partial charge is 0.136 e. The number of fused-ring (bicyclic) bond motifs is 7. The van der Waals surface area contributed by atoms with Gasteiger partial charge in [0.1, 0.15) is 11.2 Å². The quantitative estimate of drug-likeness (QED) is 0.296. The van der Waals surface area contributed by atoms with E-state index in [1.807, 2.05) is 24.3 Å². The highest BCUT2D eigenvalue weighted by Gasteiger charge is 2.11. The van der Waals surface area contributed by atoms with Crippen molar-refractivity contribution >= 4 is 55.1 Å². The Bertz CT molecular complexity index is 1180. The maximum absolute atomic E-state index is 6.11. The second-order valence-electron chi connectivity index (χ2n) is 5.56. The van der Waals surface area contributed by atoms with Gasteiger partial charge < -0.3 is 4.42 Å². The van der Waals surface area contributed by atoms with Gasteiger partial charge in [-0.25, -0.2) is 0 Å². The number of para-hydroxylation sites is 1. The molecule has 0 aliphatic carbocycles. The molecule has 0 atom stereocenters. The van der Waals surface area contributed by atoms with E-state index in [1.165, 1.54) is 21.5 Å². The molecule has 1 heterocycles. The Hall–Kier alpha value is -2.51. The van der Waals surface area contributed by atoms with Crippen LogP contribution in [0.5, 0.6) is 0 Å². The van der Waals surface area contributed by atoms with Gasteiger partial charge in [-0.05, 0) is 45.8 Å². The van der Waals surface area contributed by atoms with Gasteiger partial charge in [-0.15, -0.1) is 0 Å². The highest BCUT2D eigenvalue weighted by atomic mass is 35.5. The van der Waals surface area contributed by atoms with E-state index in [0.717, 1.165) is 27.0 Å². The maximum Gasteiger partial charge on any atom is 0.136 e. The van der Waals surface area contributed by atoms with Crippen LogP contribution in [0, 0.1) is 0 Å². The van der Waals surface area contributed by atoms with Crippen LogP contribution in [0.15, 0.2) is 71.1 Å². The van der Waals surface area contributed by atoms with Crippen LogP contribution in [-0.2, 0) is 0 Å². The molecular formula is C20H11ClO. The molecule has 104 valence electrons. The topological polar surface area (TPSA) is 13.1 Å². The first-order chi connectivity index (χ1) is 10.8. The third-order valence-corrected chi connectivity index (χ3v) is 4.55. The van der Waals surface area contributed by atoms with Crippen molar-refractivity contribution in [3.63, 3.8) is 0 Å². The van der Waals surface area contributed by atoms with Crippen molar-refractivity contribution < 1.29 is 4.42 Å². The Morgan fingerprint density at radius 1 is 0.636 bits per heavy atom. The molecule has 0 radical (unpaired) electrons. The minimum atomic E-state index is 0.765. The lowest BCUT2D eigenvalue weighted by Gasteiger charge is -2.05. The third-order valence-electron chi connectivity index (χ3n) is 4.32. The molecule has 0 spiro atoms. The molecule has 4 aromatic carbocycles. The molecule has 2 heteroatoms. The zero-order valence-electron chi connectivity index (χ0n) is 11.6. The van der Waals surface area contributed by atoms with Crippen LogP contribution in [-0.4, -0.2) is 0 Å². The van der Waals surface area contributed by atoms with E-state index in [4.69, 9.17) is 16.0 Å². The highest BCUT2D eigenvalue weighted by Crippen LogP contribution is 2.37. The molecule has 0 saturated carbocycles. The Morgan fingerprint density at radius 3 is 2.41 bits per heavy atom. The summed E-state index contributed by atoms with van der Waals surface area (Å²) >= 11 is 6.11. The van der Waals surface area contributed by atoms with Crippen molar-refractivity contribution in [2.75, 3.05) is 0 Å². The fourth-order valence-corrected chi connectivity index (χ4v) is 3.52. The van der Waals surface area contributed by atoms with Gasteiger partial charge in [0.05, 0.1) is 0 Å². The predicted molar refractivity (Wildman–Crippen MR) is 93.7 cm³/mol. The van der Waals surface area contributed by atoms with Gasteiger partial charge in [-0.1, -0.05) is 54.1 Å². The van der Waals surface area contributed by atoms with Crippen molar-refractivity contribution in [1.29, 1.82) is 0 Å². The zero-order chi connectivity index (χ0) is 14.7. The average molecular weight is 303 g/mol. The Labute approximate surface area is 131 Å². The standard InChI is InChI=1S/C20H11ClO/c21-13-6-8-14-12(11-13)5-7-16-15(14)9-10-19-20(16)17-3-1-2-4-18(17)22-19/h1-11H. The van der Waals surface area contributed by atoms with Gasteiger partial charge in [0.15, 0.2) is 0 Å². The van der Waals surface area contributed by atoms with E-state index in [-0.39, 0.29) is 0 Å². The maximum atomic E-state index is 6.11. The molecule has 0 bridgehead atoms. The molecule has 22 heavy (non-hydrogen) atoms. The first kappa shape index (κ1) is 12.1. The van der Waals surface area contributed by atoms with Crippen LogP contribution in [0.4, 0.5) is 0 Å². The van der Waals surface area contributed by atoms with Crippen LogP contribution < -0.4 is 0 Å². The minimum absolute atomic E-state index is 0.765. The largest absolute Gasteiger partial charge is 0.456 e. The summed E-state index contributed by atoms with van der Waals surface area (Å²) in [5.74, 6) is 0. The molecule has 0 fully saturated rings. The first-order valence-corrected chi connectivity index (χ1v) is 7.61. The number of hydrogen-bond donors (Lipinski definition) is 0. The molecule has 0 unspecified atom stereocenters. The van der Waals surface area contributed by atoms with E-state index >= 15 is 0 Å². The predicted octanol–water partition coefficient (Wildman–Crippen LogP) is 6.55. The number of halogens is 1. The Kier molecular flexibility index (Phi) is 2.33. The van der Waals surface area contributed by atoms with Crippen molar-refractivity contribution in [3.05, 3.63) is 71.8 Å². The fraction of sp³-hybridized carbons (Fsp3) is 0. The molecule has 1 nitrogen and oxygen atoms in total. The van der Waals surface area contributed by atoms with E-state index in [0.29, 0.717) is 0 Å². The molecule has 0 aliphatic rings. The van der Waals surface area contributed by atoms with Crippen LogP contribution >= 0.6 is 11.6 Å². The molecule has 5 rings (SSSR count). The third kappa shape index (κ3) is 1.54. The summed E-state index contributed by atoms with van der Waals surface area (Å²) in [5, 5.41) is 7.94. The van der Waals surface area contributed by atoms with Gasteiger partial charge in [-0.2, -0.15) is 0 Å². The van der Waals surface area contributed by atoms with E-state index < -0.39 is 0 Å². The van der Waals surface area contributed by atoms with E-state index in [1.54, 1.807) is 0 Å². The average Bonchev–Trinajstić information content (AvgIpc) is 2.93. The molecule has 0 N–H and O–H groups in total. The summed E-state index contributed by atoms with van der Waals surface area (Å²) in [6, 6.07) is 22.7. The van der Waals surface area contributed by atoms with Gasteiger partial charge in [0, 0.05) is 15.8 Å². The van der Waals surface area contributed by atoms with Crippen molar-refractivity contribution in [2.45, 2.75) is 0 Å². The van der Waals surface area contributed by atoms with Gasteiger partial charge in [0.25, 0.3) is 0 Å². The molecule has 5 aromatic rings. The summed E-state index contributed by atoms with van der Waals surface area (Å²) in [6.07, 6.45) is 0. The molecule has 0 aliphatic heterocycles. The van der Waals surface area contributed by atoms with Crippen LogP contribution in [0.25, 0.3) is 43.5 Å². The van der Waals surface area contributed by atoms with Crippen LogP contribution in [0.2, 0.25) is 5.02 Å². The number of furan rings is 1. The monoisotopic (exact) mass is 302 g/mol. The number of hydrogen-bond acceptors (Lipinski definition) is 1. The van der Waals surface area contributed by atoms with Crippen LogP contribution in [0.1, 0.15) is 0 Å².